The molecule has 0 aromatic carbocycles. The predicted molar refractivity (Wildman–Crippen MR) is 242 cm³/mol. The third kappa shape index (κ3) is 13.6. The van der Waals surface area contributed by atoms with Crippen molar-refractivity contribution in [3.63, 3.8) is 0 Å². The van der Waals surface area contributed by atoms with E-state index >= 15 is 0 Å². The van der Waals surface area contributed by atoms with Crippen LogP contribution in [0.5, 0.6) is 0 Å². The zero-order chi connectivity index (χ0) is 43.9. The van der Waals surface area contributed by atoms with Gasteiger partial charge in [0.1, 0.15) is 11.3 Å². The fraction of sp³-hybridized carbons (Fsp3) is 0.250. The third-order valence-corrected chi connectivity index (χ3v) is 9.83. The quantitative estimate of drug-likeness (QED) is 0.0948. The molecule has 0 saturated carbocycles. The molecule has 1 amide bonds. The number of H-pyrrole nitrogens is 1. The number of pyridine rings is 6. The van der Waals surface area contributed by atoms with E-state index in [0.717, 1.165) is 63.6 Å². The summed E-state index contributed by atoms with van der Waals surface area (Å²) in [5, 5.41) is 3.02. The van der Waals surface area contributed by atoms with Gasteiger partial charge in [0.2, 0.25) is 5.91 Å². The molecule has 0 saturated heterocycles. The first-order valence-electron chi connectivity index (χ1n) is 20.4. The molecule has 0 unspecified atom stereocenters. The van der Waals surface area contributed by atoms with Crippen molar-refractivity contribution in [1.29, 1.82) is 0 Å². The van der Waals surface area contributed by atoms with Crippen molar-refractivity contribution in [1.82, 2.24) is 54.3 Å². The van der Waals surface area contributed by atoms with Crippen LogP contribution in [0.2, 0.25) is 0 Å². The number of fused-ring (bicyclic) bond motifs is 1. The number of aromatic amines is 1. The summed E-state index contributed by atoms with van der Waals surface area (Å²) in [6.45, 7) is 6.62. The van der Waals surface area contributed by atoms with E-state index in [1.165, 1.54) is 17.2 Å². The Hall–Kier alpha value is -6.86. The molecule has 0 aliphatic rings. The van der Waals surface area contributed by atoms with Gasteiger partial charge < -0.3 is 10.3 Å². The van der Waals surface area contributed by atoms with Crippen molar-refractivity contribution >= 4 is 17.1 Å². The van der Waals surface area contributed by atoms with Crippen LogP contribution in [0.15, 0.2) is 144 Å². The molecule has 2 N–H and O–H groups in total. The molecule has 14 nitrogen and oxygen atoms in total. The number of carbonyl (C=O) groups excluding carboxylic acids is 1. The molecule has 0 fully saturated rings. The normalized spacial score (nSPS) is 10.7. The van der Waals surface area contributed by atoms with Crippen LogP contribution in [-0.2, 0) is 51.2 Å². The first-order valence-corrected chi connectivity index (χ1v) is 20.4. The maximum atomic E-state index is 12.6. The molecule has 63 heavy (non-hydrogen) atoms. The number of nitrogens with zero attached hydrogens (tertiary/aromatic N) is 9. The van der Waals surface area contributed by atoms with Crippen LogP contribution in [0, 0.1) is 12.3 Å². The van der Waals surface area contributed by atoms with Gasteiger partial charge >= 0.3 is 5.69 Å². The minimum atomic E-state index is -0.424. The number of aromatic nitrogens is 10. The summed E-state index contributed by atoms with van der Waals surface area (Å²) in [7, 11) is 3.03. The van der Waals surface area contributed by atoms with Gasteiger partial charge in [-0.25, -0.2) is 9.78 Å². The molecule has 0 aliphatic heterocycles. The minimum absolute atomic E-state index is 0. The SMILES string of the molecule is Cc1ccnc(-c2cc(CCCCNC(=O)CC(C)(C)Cc3nc4c([nH]3)c(=O)n(C)c(=O)n4C)ccn2)c1.[Ru].c1ccc(-c2ccccn2)nc1.c1ccc(-c2ccccn2)nc1. The number of aryl methyl sites for hydroxylation is 3. The predicted octanol–water partition coefficient (Wildman–Crippen LogP) is 7.11. The molecule has 0 bridgehead atoms. The molecule has 8 aromatic rings. The molecule has 0 aliphatic carbocycles. The van der Waals surface area contributed by atoms with Gasteiger partial charge in [-0.05, 0) is 116 Å². The molecule has 8 aromatic heterocycles. The largest absolute Gasteiger partial charge is 0.356 e. The summed E-state index contributed by atoms with van der Waals surface area (Å²) in [5.74, 6) is 0.555. The zero-order valence-corrected chi connectivity index (χ0v) is 37.8. The number of unbranched alkanes of at least 4 members (excludes halogenated alkanes) is 1. The molecule has 15 heteroatoms. The molecule has 8 heterocycles. The number of rotatable bonds is 12. The van der Waals surface area contributed by atoms with E-state index in [1.807, 2.05) is 118 Å². The van der Waals surface area contributed by atoms with Gasteiger partial charge in [0.05, 0.1) is 34.2 Å². The van der Waals surface area contributed by atoms with Crippen LogP contribution < -0.4 is 16.6 Å². The van der Waals surface area contributed by atoms with Gasteiger partial charge in [0.25, 0.3) is 5.56 Å². The summed E-state index contributed by atoms with van der Waals surface area (Å²) in [5.41, 5.74) is 7.14. The number of hydrogen-bond donors (Lipinski definition) is 2. The van der Waals surface area contributed by atoms with Gasteiger partial charge in [-0.3, -0.25) is 48.6 Å². The first kappa shape index (κ1) is 47.2. The number of imidazole rings is 1. The van der Waals surface area contributed by atoms with Crippen LogP contribution in [0.25, 0.3) is 45.3 Å². The Balaban J connectivity index is 0.000000240. The second-order valence-electron chi connectivity index (χ2n) is 15.5. The van der Waals surface area contributed by atoms with Crippen LogP contribution in [0.3, 0.4) is 0 Å². The van der Waals surface area contributed by atoms with Gasteiger partial charge in [0, 0.05) is 90.1 Å². The molecule has 8 rings (SSSR count). The Morgan fingerprint density at radius 3 is 1.67 bits per heavy atom. The standard InChI is InChI=1S/C28H35N7O3.2C10H8N2.Ru/c1-18-9-12-29-20(14-18)21-15-19(10-13-30-21)8-6-7-11-31-23(36)17-28(2,3)16-22-32-24-25(33-22)34(4)27(38)35(5)26(24)37;2*1-3-7-11-9(5-1)10-6-2-4-8-12-10;/h9-10,12-15H,6-8,11,16-17H2,1-5H3,(H,31,36)(H,32,33);2*1-8H;. The van der Waals surface area contributed by atoms with Gasteiger partial charge in [-0.1, -0.05) is 38.1 Å². The van der Waals surface area contributed by atoms with Crippen molar-refractivity contribution in [2.75, 3.05) is 6.54 Å². The molecular formula is C48H51N11O3Ru. The van der Waals surface area contributed by atoms with Crippen molar-refractivity contribution in [3.05, 3.63) is 172 Å². The number of carbonyl (C=O) groups is 1. The Morgan fingerprint density at radius 1 is 0.651 bits per heavy atom. The van der Waals surface area contributed by atoms with Crippen molar-refractivity contribution in [3.8, 4) is 34.2 Å². The molecule has 0 spiro atoms. The summed E-state index contributed by atoms with van der Waals surface area (Å²) in [6.07, 6.45) is 14.2. The Morgan fingerprint density at radius 2 is 1.16 bits per heavy atom. The van der Waals surface area contributed by atoms with Gasteiger partial charge in [-0.2, -0.15) is 0 Å². The Bertz CT molecular complexity index is 2650. The minimum Gasteiger partial charge on any atom is -0.356 e. The first-order chi connectivity index (χ1) is 30.0. The summed E-state index contributed by atoms with van der Waals surface area (Å²) >= 11 is 0. The smallest absolute Gasteiger partial charge is 0.332 e. The van der Waals surface area contributed by atoms with Gasteiger partial charge in [0.15, 0.2) is 5.65 Å². The van der Waals surface area contributed by atoms with E-state index in [9.17, 15) is 14.4 Å². The number of nitrogens with one attached hydrogen (secondary N) is 2. The molecule has 0 radical (unpaired) electrons. The summed E-state index contributed by atoms with van der Waals surface area (Å²) in [6, 6.07) is 31.3. The summed E-state index contributed by atoms with van der Waals surface area (Å²) in [4.78, 5) is 70.3. The van der Waals surface area contributed by atoms with Crippen LogP contribution >= 0.6 is 0 Å². The number of hydrogen-bond acceptors (Lipinski definition) is 10. The second kappa shape index (κ2) is 22.8. The Labute approximate surface area is 379 Å². The van der Waals surface area contributed by atoms with Crippen LogP contribution in [-0.4, -0.2) is 61.5 Å². The van der Waals surface area contributed by atoms with Crippen molar-refractivity contribution < 1.29 is 24.3 Å². The molecular weight excluding hydrogens is 880 g/mol. The Kier molecular flexibility index (Phi) is 17.1. The molecule has 0 atom stereocenters. The average Bonchev–Trinajstić information content (AvgIpc) is 3.72. The van der Waals surface area contributed by atoms with E-state index in [-0.39, 0.29) is 30.8 Å². The van der Waals surface area contributed by atoms with Crippen LogP contribution in [0.1, 0.15) is 50.1 Å². The zero-order valence-electron chi connectivity index (χ0n) is 36.0. The second-order valence-corrected chi connectivity index (χ2v) is 15.5. The topological polar surface area (TPSA) is 179 Å². The third-order valence-electron chi connectivity index (χ3n) is 9.83. The van der Waals surface area contributed by atoms with E-state index in [0.29, 0.717) is 36.4 Å². The van der Waals surface area contributed by atoms with Crippen molar-refractivity contribution in [2.45, 2.75) is 52.9 Å². The fourth-order valence-electron chi connectivity index (χ4n) is 6.66. The van der Waals surface area contributed by atoms with E-state index in [1.54, 1.807) is 38.0 Å². The molecule has 324 valence electrons. The average molecular weight is 931 g/mol. The summed E-state index contributed by atoms with van der Waals surface area (Å²) < 4.78 is 2.40. The maximum absolute atomic E-state index is 12.6. The van der Waals surface area contributed by atoms with Crippen LogP contribution in [0.4, 0.5) is 0 Å². The maximum Gasteiger partial charge on any atom is 0.332 e. The van der Waals surface area contributed by atoms with Crippen molar-refractivity contribution in [2.24, 2.45) is 19.5 Å². The van der Waals surface area contributed by atoms with Gasteiger partial charge in [-0.15, -0.1) is 0 Å². The fourth-order valence-corrected chi connectivity index (χ4v) is 6.66. The van der Waals surface area contributed by atoms with E-state index in [2.05, 4.69) is 51.3 Å². The monoisotopic (exact) mass is 931 g/mol. The number of amides is 1. The van der Waals surface area contributed by atoms with E-state index in [4.69, 9.17) is 0 Å². The van der Waals surface area contributed by atoms with E-state index < -0.39 is 11.2 Å².